The van der Waals surface area contributed by atoms with Gasteiger partial charge in [-0.05, 0) is 6.07 Å². The van der Waals surface area contributed by atoms with Gasteiger partial charge in [0.25, 0.3) is 0 Å². The Labute approximate surface area is 65.5 Å². The van der Waals surface area contributed by atoms with E-state index in [2.05, 4.69) is 9.83 Å². The third-order valence-corrected chi connectivity index (χ3v) is 1.27. The number of ether oxygens (including phenoxy) is 1. The molecular weight excluding hydrogens is 140 g/mol. The molecule has 0 atom stereocenters. The van der Waals surface area contributed by atoms with Crippen molar-refractivity contribution in [2.24, 2.45) is 0 Å². The fourth-order valence-electron chi connectivity index (χ4n) is 0.716. The highest BCUT2D eigenvalue weighted by Gasteiger charge is 1.95. The van der Waals surface area contributed by atoms with Crippen molar-refractivity contribution in [1.82, 2.24) is 4.98 Å². The molecule has 0 aliphatic carbocycles. The molecule has 11 heavy (non-hydrogen) atoms. The van der Waals surface area contributed by atoms with E-state index in [4.69, 9.17) is 11.3 Å². The van der Waals surface area contributed by atoms with Crippen molar-refractivity contribution < 1.29 is 4.74 Å². The average molecular weight is 148 g/mol. The van der Waals surface area contributed by atoms with Gasteiger partial charge in [0.1, 0.15) is 0 Å². The zero-order chi connectivity index (χ0) is 8.10. The zero-order valence-electron chi connectivity index (χ0n) is 6.24. The largest absolute Gasteiger partial charge is 0.481 e. The number of rotatable bonds is 2. The number of methoxy groups -OCH3 is 1. The summed E-state index contributed by atoms with van der Waals surface area (Å²) in [4.78, 5) is 7.18. The average Bonchev–Trinajstić information content (AvgIpc) is 2.07. The van der Waals surface area contributed by atoms with Crippen molar-refractivity contribution in [1.29, 1.82) is 0 Å². The molecule has 0 bridgehead atoms. The molecule has 1 heterocycles. The predicted molar refractivity (Wildman–Crippen MR) is 41.1 cm³/mol. The maximum absolute atomic E-state index is 6.60. The van der Waals surface area contributed by atoms with Crippen LogP contribution in [0.5, 0.6) is 5.88 Å². The van der Waals surface area contributed by atoms with Gasteiger partial charge in [-0.1, -0.05) is 0 Å². The predicted octanol–water partition coefficient (Wildman–Crippen LogP) is 1.51. The number of aromatic nitrogens is 1. The van der Waals surface area contributed by atoms with E-state index >= 15 is 0 Å². The van der Waals surface area contributed by atoms with Crippen LogP contribution < -0.4 is 4.74 Å². The molecule has 1 aromatic rings. The molecule has 0 amide bonds. The first-order valence-corrected chi connectivity index (χ1v) is 3.19. The Bertz CT molecular complexity index is 260. The molecule has 1 aromatic heterocycles. The third kappa shape index (κ3) is 1.94. The second kappa shape index (κ2) is 3.57. The van der Waals surface area contributed by atoms with Crippen LogP contribution in [0.25, 0.3) is 4.85 Å². The number of hydrogen-bond donors (Lipinski definition) is 0. The molecule has 0 N–H and O–H groups in total. The Balaban J connectivity index is 2.76. The van der Waals surface area contributed by atoms with E-state index in [0.29, 0.717) is 12.4 Å². The van der Waals surface area contributed by atoms with Crippen molar-refractivity contribution in [3.05, 3.63) is 35.3 Å². The van der Waals surface area contributed by atoms with Gasteiger partial charge in [-0.3, -0.25) is 0 Å². The van der Waals surface area contributed by atoms with E-state index < -0.39 is 0 Å². The maximum Gasteiger partial charge on any atom is 0.241 e. The zero-order valence-corrected chi connectivity index (χ0v) is 6.24. The minimum absolute atomic E-state index is 0.386. The fourth-order valence-corrected chi connectivity index (χ4v) is 0.716. The Morgan fingerprint density at radius 1 is 1.64 bits per heavy atom. The Hall–Kier alpha value is -1.56. The highest BCUT2D eigenvalue weighted by Crippen LogP contribution is 2.06. The van der Waals surface area contributed by atoms with Gasteiger partial charge in [-0.25, -0.2) is 11.6 Å². The van der Waals surface area contributed by atoms with Crippen molar-refractivity contribution in [3.8, 4) is 5.88 Å². The molecule has 0 radical (unpaired) electrons. The summed E-state index contributed by atoms with van der Waals surface area (Å²) in [7, 11) is 1.57. The molecule has 0 aromatic carbocycles. The molecule has 56 valence electrons. The molecule has 3 heteroatoms. The van der Waals surface area contributed by atoms with Gasteiger partial charge >= 0.3 is 0 Å². The normalized spacial score (nSPS) is 8.73. The first kappa shape index (κ1) is 7.55. The summed E-state index contributed by atoms with van der Waals surface area (Å²) >= 11 is 0. The molecule has 1 rings (SSSR count). The highest BCUT2D eigenvalue weighted by molar-refractivity contribution is 5.18. The van der Waals surface area contributed by atoms with Crippen LogP contribution in [0.2, 0.25) is 0 Å². The Kier molecular flexibility index (Phi) is 2.45. The summed E-state index contributed by atoms with van der Waals surface area (Å²) < 4.78 is 4.86. The smallest absolute Gasteiger partial charge is 0.241 e. The first-order chi connectivity index (χ1) is 5.36. The standard InChI is InChI=1S/C8H8N2O/c1-9-5-7-3-4-8(11-2)10-6-7/h3-4,6H,5H2,2H3. The van der Waals surface area contributed by atoms with E-state index in [-0.39, 0.29) is 0 Å². The second-order valence-corrected chi connectivity index (χ2v) is 2.03. The van der Waals surface area contributed by atoms with Crippen molar-refractivity contribution in [3.63, 3.8) is 0 Å². The van der Waals surface area contributed by atoms with Gasteiger partial charge in [-0.2, -0.15) is 0 Å². The molecule has 0 spiro atoms. The van der Waals surface area contributed by atoms with E-state index in [1.165, 1.54) is 0 Å². The van der Waals surface area contributed by atoms with Crippen LogP contribution in [0.1, 0.15) is 5.56 Å². The molecular formula is C8H8N2O. The lowest BCUT2D eigenvalue weighted by Crippen LogP contribution is -1.87. The van der Waals surface area contributed by atoms with Gasteiger partial charge in [0, 0.05) is 17.8 Å². The van der Waals surface area contributed by atoms with E-state index in [0.717, 1.165) is 5.56 Å². The maximum atomic E-state index is 6.60. The van der Waals surface area contributed by atoms with Crippen LogP contribution in [0.3, 0.4) is 0 Å². The summed E-state index contributed by atoms with van der Waals surface area (Å²) in [6.45, 7) is 6.99. The Morgan fingerprint density at radius 3 is 2.91 bits per heavy atom. The van der Waals surface area contributed by atoms with Crippen LogP contribution in [-0.4, -0.2) is 12.1 Å². The van der Waals surface area contributed by atoms with Crippen LogP contribution in [0.4, 0.5) is 0 Å². The lowest BCUT2D eigenvalue weighted by Gasteiger charge is -1.96. The summed E-state index contributed by atoms with van der Waals surface area (Å²) in [5, 5.41) is 0. The molecule has 3 nitrogen and oxygen atoms in total. The Morgan fingerprint density at radius 2 is 2.45 bits per heavy atom. The van der Waals surface area contributed by atoms with E-state index in [1.807, 2.05) is 6.07 Å². The molecule has 0 fully saturated rings. The van der Waals surface area contributed by atoms with Gasteiger partial charge in [-0.15, -0.1) is 0 Å². The highest BCUT2D eigenvalue weighted by atomic mass is 16.5. The summed E-state index contributed by atoms with van der Waals surface area (Å²) in [6.07, 6.45) is 1.65. The lowest BCUT2D eigenvalue weighted by atomic mass is 10.3. The summed E-state index contributed by atoms with van der Waals surface area (Å²) in [6, 6.07) is 3.59. The van der Waals surface area contributed by atoms with Gasteiger partial charge in [0.15, 0.2) is 0 Å². The number of nitrogens with zero attached hydrogens (tertiary/aromatic N) is 2. The lowest BCUT2D eigenvalue weighted by molar-refractivity contribution is 0.397. The molecule has 0 saturated heterocycles. The SMILES string of the molecule is [C-]#[N+]Cc1ccc(OC)nc1. The minimum atomic E-state index is 0.386. The first-order valence-electron chi connectivity index (χ1n) is 3.19. The quantitative estimate of drug-likeness (QED) is 0.594. The fraction of sp³-hybridized carbons (Fsp3) is 0.250. The van der Waals surface area contributed by atoms with E-state index in [9.17, 15) is 0 Å². The molecule has 0 saturated carbocycles. The summed E-state index contributed by atoms with van der Waals surface area (Å²) in [5.41, 5.74) is 0.917. The van der Waals surface area contributed by atoms with Crippen molar-refractivity contribution in [2.75, 3.05) is 7.11 Å². The molecule has 0 unspecified atom stereocenters. The minimum Gasteiger partial charge on any atom is -0.481 e. The van der Waals surface area contributed by atoms with Crippen LogP contribution >= 0.6 is 0 Å². The number of hydrogen-bond acceptors (Lipinski definition) is 2. The third-order valence-electron chi connectivity index (χ3n) is 1.27. The van der Waals surface area contributed by atoms with Gasteiger partial charge in [0.05, 0.1) is 7.11 Å². The summed E-state index contributed by atoms with van der Waals surface area (Å²) in [5.74, 6) is 0.582. The van der Waals surface area contributed by atoms with Crippen molar-refractivity contribution in [2.45, 2.75) is 6.54 Å². The monoisotopic (exact) mass is 148 g/mol. The van der Waals surface area contributed by atoms with Gasteiger partial charge < -0.3 is 9.58 Å². The molecule has 0 aliphatic heterocycles. The van der Waals surface area contributed by atoms with Crippen LogP contribution in [0.15, 0.2) is 18.3 Å². The van der Waals surface area contributed by atoms with Crippen LogP contribution in [-0.2, 0) is 6.54 Å². The molecule has 0 aliphatic rings. The van der Waals surface area contributed by atoms with Gasteiger partial charge in [0.2, 0.25) is 12.4 Å². The van der Waals surface area contributed by atoms with Crippen LogP contribution in [0, 0.1) is 6.57 Å². The van der Waals surface area contributed by atoms with Crippen molar-refractivity contribution >= 4 is 0 Å². The number of pyridine rings is 1. The second-order valence-electron chi connectivity index (χ2n) is 2.03. The topological polar surface area (TPSA) is 26.5 Å². The van der Waals surface area contributed by atoms with E-state index in [1.54, 1.807) is 19.4 Å².